The molecule has 1 rings (SSSR count). The van der Waals surface area contributed by atoms with Gasteiger partial charge in [0.1, 0.15) is 0 Å². The number of nitrogens with one attached hydrogen (secondary N) is 1. The van der Waals surface area contributed by atoms with Crippen molar-refractivity contribution in [2.24, 2.45) is 5.92 Å². The Bertz CT molecular complexity index is 62.8. The maximum Gasteiger partial charge on any atom is 0.0221 e. The highest BCUT2D eigenvalue weighted by Crippen LogP contribution is 2.18. The van der Waals surface area contributed by atoms with Crippen LogP contribution in [0.1, 0.15) is 26.7 Å². The van der Waals surface area contributed by atoms with E-state index in [2.05, 4.69) is 19.2 Å². The average Bonchev–Trinajstić information content (AvgIpc) is 2.53. The number of hydrogen-bond acceptors (Lipinski definition) is 1. The second kappa shape index (κ2) is 2.49. The van der Waals surface area contributed by atoms with Gasteiger partial charge in [-0.2, -0.15) is 0 Å². The van der Waals surface area contributed by atoms with Crippen LogP contribution in [-0.4, -0.2) is 12.6 Å². The summed E-state index contributed by atoms with van der Waals surface area (Å²) >= 11 is 0. The molecular weight excluding hydrogens is 98.1 g/mol. The average molecular weight is 113 g/mol. The SMILES string of the molecule is CCC(CC)C1CN1. The molecule has 1 atom stereocenters. The topological polar surface area (TPSA) is 21.9 Å². The van der Waals surface area contributed by atoms with E-state index < -0.39 is 0 Å². The summed E-state index contributed by atoms with van der Waals surface area (Å²) in [7, 11) is 0. The standard InChI is InChI=1S/C7H15N/c1-3-6(4-2)7-5-8-7/h6-8H,3-5H2,1-2H3. The fourth-order valence-electron chi connectivity index (χ4n) is 1.26. The first-order chi connectivity index (χ1) is 3.88. The van der Waals surface area contributed by atoms with Gasteiger partial charge in [-0.1, -0.05) is 26.7 Å². The third-order valence-electron chi connectivity index (χ3n) is 2.06. The number of hydrogen-bond donors (Lipinski definition) is 1. The second-order valence-corrected chi connectivity index (χ2v) is 2.59. The molecule has 8 heavy (non-hydrogen) atoms. The van der Waals surface area contributed by atoms with Crippen LogP contribution < -0.4 is 5.32 Å². The first-order valence-corrected chi connectivity index (χ1v) is 3.61. The first kappa shape index (κ1) is 6.09. The lowest BCUT2D eigenvalue weighted by atomic mass is 10.00. The van der Waals surface area contributed by atoms with E-state index in [1.54, 1.807) is 0 Å². The Kier molecular flexibility index (Phi) is 1.90. The molecule has 0 spiro atoms. The van der Waals surface area contributed by atoms with Gasteiger partial charge in [0.2, 0.25) is 0 Å². The summed E-state index contributed by atoms with van der Waals surface area (Å²) < 4.78 is 0. The molecule has 1 heteroatoms. The predicted octanol–water partition coefficient (Wildman–Crippen LogP) is 1.39. The molecule has 1 unspecified atom stereocenters. The van der Waals surface area contributed by atoms with E-state index in [1.807, 2.05) is 0 Å². The van der Waals surface area contributed by atoms with Crippen molar-refractivity contribution < 1.29 is 0 Å². The molecule has 0 saturated carbocycles. The maximum atomic E-state index is 3.34. The summed E-state index contributed by atoms with van der Waals surface area (Å²) in [4.78, 5) is 0. The monoisotopic (exact) mass is 113 g/mol. The predicted molar refractivity (Wildman–Crippen MR) is 35.9 cm³/mol. The second-order valence-electron chi connectivity index (χ2n) is 2.59. The van der Waals surface area contributed by atoms with Gasteiger partial charge in [0.05, 0.1) is 0 Å². The van der Waals surface area contributed by atoms with E-state index in [0.29, 0.717) is 0 Å². The lowest BCUT2D eigenvalue weighted by Gasteiger charge is -2.06. The van der Waals surface area contributed by atoms with Crippen molar-refractivity contribution >= 4 is 0 Å². The third-order valence-corrected chi connectivity index (χ3v) is 2.06. The fourth-order valence-corrected chi connectivity index (χ4v) is 1.26. The lowest BCUT2D eigenvalue weighted by molar-refractivity contribution is 0.483. The Balaban J connectivity index is 2.15. The van der Waals surface area contributed by atoms with Gasteiger partial charge in [-0.25, -0.2) is 0 Å². The quantitative estimate of drug-likeness (QED) is 0.549. The van der Waals surface area contributed by atoms with Crippen LogP contribution in [0, 0.1) is 5.92 Å². The zero-order valence-electron chi connectivity index (χ0n) is 5.78. The minimum atomic E-state index is 0.880. The molecule has 0 aromatic heterocycles. The van der Waals surface area contributed by atoms with Crippen LogP contribution >= 0.6 is 0 Å². The molecule has 1 aliphatic rings. The summed E-state index contributed by atoms with van der Waals surface area (Å²) in [5, 5.41) is 3.34. The summed E-state index contributed by atoms with van der Waals surface area (Å²) in [5.74, 6) is 0.954. The van der Waals surface area contributed by atoms with Crippen LogP contribution in [0.2, 0.25) is 0 Å². The van der Waals surface area contributed by atoms with Crippen LogP contribution in [0.15, 0.2) is 0 Å². The highest BCUT2D eigenvalue weighted by atomic mass is 15.1. The Labute approximate surface area is 51.5 Å². The van der Waals surface area contributed by atoms with Gasteiger partial charge >= 0.3 is 0 Å². The molecule has 1 nitrogen and oxygen atoms in total. The van der Waals surface area contributed by atoms with Crippen LogP contribution in [0.25, 0.3) is 0 Å². The molecule has 0 radical (unpaired) electrons. The van der Waals surface area contributed by atoms with Crippen molar-refractivity contribution in [3.05, 3.63) is 0 Å². The molecule has 0 amide bonds. The molecule has 1 heterocycles. The summed E-state index contributed by atoms with van der Waals surface area (Å²) in [6, 6.07) is 0.880. The lowest BCUT2D eigenvalue weighted by Crippen LogP contribution is -2.07. The Morgan fingerprint density at radius 3 is 2.12 bits per heavy atom. The molecule has 0 bridgehead atoms. The molecule has 0 aliphatic carbocycles. The molecule has 1 N–H and O–H groups in total. The van der Waals surface area contributed by atoms with E-state index >= 15 is 0 Å². The molecule has 0 aromatic carbocycles. The van der Waals surface area contributed by atoms with E-state index in [9.17, 15) is 0 Å². The van der Waals surface area contributed by atoms with Crippen LogP contribution in [0.3, 0.4) is 0 Å². The van der Waals surface area contributed by atoms with Gasteiger partial charge < -0.3 is 5.32 Å². The summed E-state index contributed by atoms with van der Waals surface area (Å²) in [6.45, 7) is 5.81. The minimum Gasteiger partial charge on any atom is -0.311 e. The summed E-state index contributed by atoms with van der Waals surface area (Å²) in [6.07, 6.45) is 2.68. The van der Waals surface area contributed by atoms with E-state index in [4.69, 9.17) is 0 Å². The molecule has 1 fully saturated rings. The Morgan fingerprint density at radius 1 is 1.50 bits per heavy atom. The number of rotatable bonds is 3. The zero-order chi connectivity index (χ0) is 5.98. The normalized spacial score (nSPS) is 26.6. The van der Waals surface area contributed by atoms with Crippen molar-refractivity contribution in [3.63, 3.8) is 0 Å². The molecule has 1 aliphatic heterocycles. The van der Waals surface area contributed by atoms with E-state index in [-0.39, 0.29) is 0 Å². The van der Waals surface area contributed by atoms with Crippen molar-refractivity contribution in [1.29, 1.82) is 0 Å². The van der Waals surface area contributed by atoms with Crippen molar-refractivity contribution in [1.82, 2.24) is 5.32 Å². The van der Waals surface area contributed by atoms with Crippen molar-refractivity contribution in [3.8, 4) is 0 Å². The molecule has 0 aromatic rings. The smallest absolute Gasteiger partial charge is 0.0221 e. The Morgan fingerprint density at radius 2 is 2.00 bits per heavy atom. The van der Waals surface area contributed by atoms with Gasteiger partial charge in [0, 0.05) is 12.6 Å². The van der Waals surface area contributed by atoms with Gasteiger partial charge in [-0.3, -0.25) is 0 Å². The molecule has 48 valence electrons. The van der Waals surface area contributed by atoms with Crippen LogP contribution in [0.4, 0.5) is 0 Å². The van der Waals surface area contributed by atoms with Crippen molar-refractivity contribution in [2.75, 3.05) is 6.54 Å². The fraction of sp³-hybridized carbons (Fsp3) is 1.00. The van der Waals surface area contributed by atoms with Crippen molar-refractivity contribution in [2.45, 2.75) is 32.7 Å². The third kappa shape index (κ3) is 1.22. The van der Waals surface area contributed by atoms with Gasteiger partial charge in [0.25, 0.3) is 0 Å². The van der Waals surface area contributed by atoms with E-state index in [0.717, 1.165) is 12.0 Å². The Hall–Kier alpha value is -0.0400. The molecule has 1 saturated heterocycles. The van der Waals surface area contributed by atoms with Gasteiger partial charge in [-0.05, 0) is 5.92 Å². The highest BCUT2D eigenvalue weighted by molar-refractivity contribution is 4.88. The first-order valence-electron chi connectivity index (χ1n) is 3.61. The zero-order valence-corrected chi connectivity index (χ0v) is 5.78. The van der Waals surface area contributed by atoms with Gasteiger partial charge in [-0.15, -0.1) is 0 Å². The van der Waals surface area contributed by atoms with Crippen LogP contribution in [0.5, 0.6) is 0 Å². The summed E-state index contributed by atoms with van der Waals surface area (Å²) in [5.41, 5.74) is 0. The largest absolute Gasteiger partial charge is 0.311 e. The highest BCUT2D eigenvalue weighted by Gasteiger charge is 2.27. The maximum absolute atomic E-state index is 3.34. The van der Waals surface area contributed by atoms with Gasteiger partial charge in [0.15, 0.2) is 0 Å². The minimum absolute atomic E-state index is 0.880. The van der Waals surface area contributed by atoms with Crippen LogP contribution in [-0.2, 0) is 0 Å². The van der Waals surface area contributed by atoms with E-state index in [1.165, 1.54) is 19.4 Å². The molecular formula is C7H15N.